The molecule has 0 atom stereocenters. The molecule has 1 rings (SSSR count). The highest BCUT2D eigenvalue weighted by molar-refractivity contribution is 6.34. The van der Waals surface area contributed by atoms with Crippen molar-refractivity contribution in [1.29, 1.82) is 5.26 Å². The summed E-state index contributed by atoms with van der Waals surface area (Å²) in [6, 6.07) is 6.77. The average Bonchev–Trinajstić information content (AvgIpc) is 2.36. The maximum Gasteiger partial charge on any atom is 0.260 e. The Morgan fingerprint density at radius 2 is 2.00 bits per heavy atom. The van der Waals surface area contributed by atoms with Gasteiger partial charge in [-0.2, -0.15) is 5.26 Å². The smallest absolute Gasteiger partial charge is 0.260 e. The molecule has 0 aliphatic rings. The van der Waals surface area contributed by atoms with E-state index >= 15 is 0 Å². The lowest BCUT2D eigenvalue weighted by Gasteiger charge is -2.19. The summed E-state index contributed by atoms with van der Waals surface area (Å²) in [5.41, 5.74) is 0. The molecule has 0 radical (unpaired) electrons. The van der Waals surface area contributed by atoms with Gasteiger partial charge in [-0.05, 0) is 25.1 Å². The van der Waals surface area contributed by atoms with Crippen molar-refractivity contribution in [3.63, 3.8) is 0 Å². The fourth-order valence-electron chi connectivity index (χ4n) is 1.49. The lowest BCUT2D eigenvalue weighted by atomic mass is 10.3. The number of nitrogens with zero attached hydrogens (tertiary/aromatic N) is 2. The average molecular weight is 301 g/mol. The summed E-state index contributed by atoms with van der Waals surface area (Å²) < 4.78 is 5.35. The van der Waals surface area contributed by atoms with E-state index in [2.05, 4.69) is 0 Å². The predicted molar refractivity (Wildman–Crippen MR) is 74.4 cm³/mol. The van der Waals surface area contributed by atoms with Crippen LogP contribution in [0.25, 0.3) is 0 Å². The Morgan fingerprint density at radius 1 is 1.37 bits per heavy atom. The molecule has 6 heteroatoms. The van der Waals surface area contributed by atoms with Gasteiger partial charge in [0.15, 0.2) is 6.61 Å². The molecular weight excluding hydrogens is 287 g/mol. The van der Waals surface area contributed by atoms with Crippen molar-refractivity contribution in [2.24, 2.45) is 0 Å². The minimum atomic E-state index is -0.172. The molecule has 0 unspecified atom stereocenters. The number of likely N-dealkylation sites (N-methyl/N-ethyl adjacent to an activating group) is 1. The van der Waals surface area contributed by atoms with Gasteiger partial charge < -0.3 is 9.64 Å². The largest absolute Gasteiger partial charge is 0.484 e. The fourth-order valence-corrected chi connectivity index (χ4v) is 2.00. The van der Waals surface area contributed by atoms with E-state index in [9.17, 15) is 4.79 Å². The van der Waals surface area contributed by atoms with Crippen molar-refractivity contribution in [3.05, 3.63) is 28.2 Å². The highest BCUT2D eigenvalue weighted by atomic mass is 35.5. The minimum absolute atomic E-state index is 0.101. The Hall–Kier alpha value is -1.44. The minimum Gasteiger partial charge on any atom is -0.484 e. The molecule has 102 valence electrons. The maximum absolute atomic E-state index is 11.8. The van der Waals surface area contributed by atoms with Gasteiger partial charge in [-0.15, -0.1) is 0 Å². The van der Waals surface area contributed by atoms with Crippen molar-refractivity contribution in [1.82, 2.24) is 4.90 Å². The molecule has 1 amide bonds. The summed E-state index contributed by atoms with van der Waals surface area (Å²) >= 11 is 11.7. The maximum atomic E-state index is 11.8. The molecule has 0 saturated carbocycles. The molecule has 1 aromatic rings. The van der Waals surface area contributed by atoms with Crippen molar-refractivity contribution < 1.29 is 9.53 Å². The molecule has 0 aliphatic carbocycles. The van der Waals surface area contributed by atoms with Crippen LogP contribution in [0.4, 0.5) is 0 Å². The molecule has 0 spiro atoms. The molecule has 4 nitrogen and oxygen atoms in total. The molecule has 19 heavy (non-hydrogen) atoms. The van der Waals surface area contributed by atoms with Gasteiger partial charge in [0.1, 0.15) is 5.75 Å². The molecule has 1 aromatic carbocycles. The normalized spacial score (nSPS) is 9.79. The van der Waals surface area contributed by atoms with Crippen LogP contribution < -0.4 is 4.74 Å². The Labute approximate surface area is 122 Å². The van der Waals surface area contributed by atoms with Crippen LogP contribution in [0.3, 0.4) is 0 Å². The number of halogens is 2. The molecule has 0 saturated heterocycles. The quantitative estimate of drug-likeness (QED) is 0.811. The molecule has 0 aromatic heterocycles. The molecule has 0 N–H and O–H groups in total. The number of hydrogen-bond acceptors (Lipinski definition) is 3. The van der Waals surface area contributed by atoms with E-state index in [1.54, 1.807) is 23.1 Å². The van der Waals surface area contributed by atoms with Crippen molar-refractivity contribution in [2.45, 2.75) is 13.3 Å². The number of nitriles is 1. The van der Waals surface area contributed by atoms with Crippen molar-refractivity contribution >= 4 is 29.1 Å². The van der Waals surface area contributed by atoms with E-state index in [1.165, 1.54) is 0 Å². The second-order valence-electron chi connectivity index (χ2n) is 3.78. The lowest BCUT2D eigenvalue weighted by Crippen LogP contribution is -2.35. The SMILES string of the molecule is CCN(CCC#N)C(=O)COc1cc(Cl)cc(Cl)c1. The second-order valence-corrected chi connectivity index (χ2v) is 4.65. The zero-order chi connectivity index (χ0) is 14.3. The number of carbonyl (C=O) groups excluding carboxylic acids is 1. The van der Waals surface area contributed by atoms with Crippen LogP contribution in [0.2, 0.25) is 10.0 Å². The first-order valence-corrected chi connectivity index (χ1v) is 6.56. The number of ether oxygens (including phenoxy) is 1. The van der Waals surface area contributed by atoms with Crippen molar-refractivity contribution in [2.75, 3.05) is 19.7 Å². The van der Waals surface area contributed by atoms with Crippen LogP contribution in [-0.4, -0.2) is 30.5 Å². The molecule has 0 fully saturated rings. The molecule has 0 aliphatic heterocycles. The Kier molecular flexibility index (Phi) is 6.48. The van der Waals surface area contributed by atoms with Gasteiger partial charge in [0.2, 0.25) is 0 Å². The summed E-state index contributed by atoms with van der Waals surface area (Å²) in [6.07, 6.45) is 0.308. The summed E-state index contributed by atoms with van der Waals surface area (Å²) in [5.74, 6) is 0.274. The summed E-state index contributed by atoms with van der Waals surface area (Å²) in [6.45, 7) is 2.70. The number of amides is 1. The third-order valence-electron chi connectivity index (χ3n) is 2.43. The van der Waals surface area contributed by atoms with Crippen LogP contribution >= 0.6 is 23.2 Å². The van der Waals surface area contributed by atoms with E-state index in [0.717, 1.165) is 0 Å². The van der Waals surface area contributed by atoms with E-state index in [1.807, 2.05) is 13.0 Å². The van der Waals surface area contributed by atoms with Gasteiger partial charge in [0.25, 0.3) is 5.91 Å². The Balaban J connectivity index is 2.55. The summed E-state index contributed by atoms with van der Waals surface area (Å²) in [7, 11) is 0. The van der Waals surface area contributed by atoms with Gasteiger partial charge in [0.05, 0.1) is 12.5 Å². The fraction of sp³-hybridized carbons (Fsp3) is 0.385. The van der Waals surface area contributed by atoms with Gasteiger partial charge in [-0.25, -0.2) is 0 Å². The van der Waals surface area contributed by atoms with Crippen LogP contribution in [0.1, 0.15) is 13.3 Å². The number of rotatable bonds is 6. The van der Waals surface area contributed by atoms with Crippen LogP contribution in [0.5, 0.6) is 5.75 Å². The monoisotopic (exact) mass is 300 g/mol. The molecule has 0 bridgehead atoms. The van der Waals surface area contributed by atoms with E-state index in [0.29, 0.717) is 35.3 Å². The highest BCUT2D eigenvalue weighted by Gasteiger charge is 2.12. The van der Waals surface area contributed by atoms with Gasteiger partial charge in [0, 0.05) is 23.1 Å². The van der Waals surface area contributed by atoms with Gasteiger partial charge >= 0.3 is 0 Å². The molecule has 0 heterocycles. The first-order valence-electron chi connectivity index (χ1n) is 5.80. The molecular formula is C13H14Cl2N2O2. The van der Waals surface area contributed by atoms with Crippen LogP contribution in [0.15, 0.2) is 18.2 Å². The number of benzene rings is 1. The van der Waals surface area contributed by atoms with E-state index in [-0.39, 0.29) is 12.5 Å². The van der Waals surface area contributed by atoms with E-state index in [4.69, 9.17) is 33.2 Å². The zero-order valence-electron chi connectivity index (χ0n) is 10.5. The zero-order valence-corrected chi connectivity index (χ0v) is 12.0. The van der Waals surface area contributed by atoms with Crippen LogP contribution in [-0.2, 0) is 4.79 Å². The van der Waals surface area contributed by atoms with E-state index < -0.39 is 0 Å². The second kappa shape index (κ2) is 7.88. The summed E-state index contributed by atoms with van der Waals surface area (Å²) in [4.78, 5) is 13.4. The Bertz CT molecular complexity index is 466. The standard InChI is InChI=1S/C13H14Cl2N2O2/c1-2-17(5-3-4-16)13(18)9-19-12-7-10(14)6-11(15)8-12/h6-8H,2-3,5,9H2,1H3. The Morgan fingerprint density at radius 3 is 2.53 bits per heavy atom. The number of carbonyl (C=O) groups is 1. The summed E-state index contributed by atoms with van der Waals surface area (Å²) in [5, 5.41) is 9.41. The first kappa shape index (κ1) is 15.6. The highest BCUT2D eigenvalue weighted by Crippen LogP contribution is 2.24. The topological polar surface area (TPSA) is 53.3 Å². The van der Waals surface area contributed by atoms with Crippen LogP contribution in [0, 0.1) is 11.3 Å². The lowest BCUT2D eigenvalue weighted by molar-refractivity contribution is -0.133. The van der Waals surface area contributed by atoms with Gasteiger partial charge in [-0.1, -0.05) is 23.2 Å². The third kappa shape index (κ3) is 5.37. The predicted octanol–water partition coefficient (Wildman–Crippen LogP) is 3.13. The van der Waals surface area contributed by atoms with Crippen molar-refractivity contribution in [3.8, 4) is 11.8 Å². The third-order valence-corrected chi connectivity index (χ3v) is 2.86. The number of hydrogen-bond donors (Lipinski definition) is 0. The first-order chi connectivity index (χ1) is 9.06. The van der Waals surface area contributed by atoms with Gasteiger partial charge in [-0.3, -0.25) is 4.79 Å².